The Balaban J connectivity index is 2.07. The zero-order chi connectivity index (χ0) is 19.7. The molecule has 0 bridgehead atoms. The van der Waals surface area contributed by atoms with Gasteiger partial charge in [-0.1, -0.05) is 48.5 Å². The number of carbonyl (C=O) groups is 1. The highest BCUT2D eigenvalue weighted by molar-refractivity contribution is 5.93. The molecule has 136 valence electrons. The van der Waals surface area contributed by atoms with Crippen molar-refractivity contribution in [3.63, 3.8) is 0 Å². The molecule has 0 fully saturated rings. The van der Waals surface area contributed by atoms with E-state index in [9.17, 15) is 4.79 Å². The zero-order valence-corrected chi connectivity index (χ0v) is 15.3. The van der Waals surface area contributed by atoms with E-state index >= 15 is 0 Å². The maximum Gasteiger partial charge on any atom is 0.233 e. The van der Waals surface area contributed by atoms with E-state index in [1.165, 1.54) is 0 Å². The van der Waals surface area contributed by atoms with Gasteiger partial charge in [-0.05, 0) is 36.2 Å². The summed E-state index contributed by atoms with van der Waals surface area (Å²) in [6.07, 6.45) is 3.44. The fourth-order valence-corrected chi connectivity index (χ4v) is 3.63. The van der Waals surface area contributed by atoms with Crippen molar-refractivity contribution < 1.29 is 4.79 Å². The third kappa shape index (κ3) is 2.63. The number of primary amides is 1. The van der Waals surface area contributed by atoms with Gasteiger partial charge in [0.1, 0.15) is 5.41 Å². The van der Waals surface area contributed by atoms with E-state index in [0.717, 1.165) is 27.9 Å². The van der Waals surface area contributed by atoms with Gasteiger partial charge >= 0.3 is 0 Å². The normalized spacial score (nSPS) is 13.0. The number of aromatic nitrogens is 2. The first-order valence-electron chi connectivity index (χ1n) is 8.87. The quantitative estimate of drug-likeness (QED) is 0.598. The highest BCUT2D eigenvalue weighted by Gasteiger charge is 2.39. The standard InChI is InChI=1S/C23H18N4O/c1-23(22(25)28,18-9-7-16(13-24)8-10-18)21-20(17-5-3-2-4-6-17)12-11-19-14-26-15-27(19)21/h2-12,14-15H,1H3,(H2,25,28). The molecule has 5 heteroatoms. The number of nitriles is 1. The van der Waals surface area contributed by atoms with Crippen molar-refractivity contribution >= 4 is 11.4 Å². The van der Waals surface area contributed by atoms with E-state index in [4.69, 9.17) is 11.0 Å². The molecule has 5 nitrogen and oxygen atoms in total. The summed E-state index contributed by atoms with van der Waals surface area (Å²) in [4.78, 5) is 17.1. The lowest BCUT2D eigenvalue weighted by Gasteiger charge is -2.30. The summed E-state index contributed by atoms with van der Waals surface area (Å²) in [5, 5.41) is 9.11. The second-order valence-corrected chi connectivity index (χ2v) is 6.83. The Morgan fingerprint density at radius 1 is 1.07 bits per heavy atom. The molecule has 0 aliphatic heterocycles. The second-order valence-electron chi connectivity index (χ2n) is 6.83. The topological polar surface area (TPSA) is 84.2 Å². The third-order valence-electron chi connectivity index (χ3n) is 5.23. The van der Waals surface area contributed by atoms with Crippen molar-refractivity contribution in [3.05, 3.63) is 96.1 Å². The van der Waals surface area contributed by atoms with Crippen LogP contribution in [0.25, 0.3) is 16.6 Å². The maximum atomic E-state index is 12.8. The van der Waals surface area contributed by atoms with Gasteiger partial charge in [0, 0.05) is 5.56 Å². The van der Waals surface area contributed by atoms with Crippen LogP contribution in [0, 0.1) is 11.3 Å². The summed E-state index contributed by atoms with van der Waals surface area (Å²) in [5.74, 6) is -0.476. The van der Waals surface area contributed by atoms with E-state index in [-0.39, 0.29) is 0 Å². The number of carbonyl (C=O) groups excluding carboxylic acids is 1. The lowest BCUT2D eigenvalue weighted by atomic mass is 9.75. The fraction of sp³-hybridized carbons (Fsp3) is 0.0870. The van der Waals surface area contributed by atoms with Gasteiger partial charge in [-0.25, -0.2) is 4.98 Å². The molecule has 4 rings (SSSR count). The molecule has 0 saturated carbocycles. The molecule has 0 saturated heterocycles. The lowest BCUT2D eigenvalue weighted by molar-refractivity contribution is -0.121. The molecule has 0 aliphatic carbocycles. The summed E-state index contributed by atoms with van der Waals surface area (Å²) in [5.41, 5.74) is 9.59. The van der Waals surface area contributed by atoms with Crippen molar-refractivity contribution in [3.8, 4) is 17.2 Å². The Morgan fingerprint density at radius 3 is 2.43 bits per heavy atom. The Hall–Kier alpha value is -3.91. The van der Waals surface area contributed by atoms with Crippen molar-refractivity contribution in [1.82, 2.24) is 9.38 Å². The van der Waals surface area contributed by atoms with Crippen molar-refractivity contribution in [1.29, 1.82) is 5.26 Å². The zero-order valence-electron chi connectivity index (χ0n) is 15.3. The first-order valence-corrected chi connectivity index (χ1v) is 8.87. The molecule has 0 aliphatic rings. The number of hydrogen-bond donors (Lipinski definition) is 1. The maximum absolute atomic E-state index is 12.8. The van der Waals surface area contributed by atoms with Crippen LogP contribution in [0.3, 0.4) is 0 Å². The minimum absolute atomic E-state index is 0.476. The Morgan fingerprint density at radius 2 is 1.79 bits per heavy atom. The number of amides is 1. The van der Waals surface area contributed by atoms with Gasteiger partial charge in [0.15, 0.2) is 0 Å². The van der Waals surface area contributed by atoms with Gasteiger partial charge in [0.25, 0.3) is 0 Å². The largest absolute Gasteiger partial charge is 0.369 e. The van der Waals surface area contributed by atoms with Crippen molar-refractivity contribution in [2.24, 2.45) is 5.73 Å². The van der Waals surface area contributed by atoms with Crippen LogP contribution in [0.15, 0.2) is 79.3 Å². The predicted molar refractivity (Wildman–Crippen MR) is 107 cm³/mol. The Labute approximate surface area is 162 Å². The molecule has 1 unspecified atom stereocenters. The molecule has 0 radical (unpaired) electrons. The molecule has 28 heavy (non-hydrogen) atoms. The van der Waals surface area contributed by atoms with Gasteiger partial charge in [0.2, 0.25) is 5.91 Å². The summed E-state index contributed by atoms with van der Waals surface area (Å²) in [6.45, 7) is 1.82. The van der Waals surface area contributed by atoms with Crippen LogP contribution in [0.2, 0.25) is 0 Å². The van der Waals surface area contributed by atoms with E-state index in [0.29, 0.717) is 5.56 Å². The highest BCUT2D eigenvalue weighted by atomic mass is 16.1. The Kier molecular flexibility index (Phi) is 4.17. The van der Waals surface area contributed by atoms with Gasteiger partial charge in [-0.3, -0.25) is 4.79 Å². The smallest absolute Gasteiger partial charge is 0.233 e. The highest BCUT2D eigenvalue weighted by Crippen LogP contribution is 2.39. The van der Waals surface area contributed by atoms with Crippen molar-refractivity contribution in [2.75, 3.05) is 0 Å². The minimum Gasteiger partial charge on any atom is -0.369 e. The first kappa shape index (κ1) is 17.5. The lowest BCUT2D eigenvalue weighted by Crippen LogP contribution is -2.41. The number of pyridine rings is 1. The predicted octanol–water partition coefficient (Wildman–Crippen LogP) is 3.66. The summed E-state index contributed by atoms with van der Waals surface area (Å²) < 4.78 is 1.91. The number of rotatable bonds is 4. The van der Waals surface area contributed by atoms with Crippen LogP contribution in [0.1, 0.15) is 23.7 Å². The van der Waals surface area contributed by atoms with Crippen LogP contribution in [0.5, 0.6) is 0 Å². The van der Waals surface area contributed by atoms with E-state index in [2.05, 4.69) is 11.1 Å². The fourth-order valence-electron chi connectivity index (χ4n) is 3.63. The molecule has 2 aromatic carbocycles. The average molecular weight is 366 g/mol. The summed E-state index contributed by atoms with van der Waals surface area (Å²) >= 11 is 0. The van der Waals surface area contributed by atoms with Gasteiger partial charge in [-0.15, -0.1) is 0 Å². The number of nitrogens with two attached hydrogens (primary N) is 1. The number of fused-ring (bicyclic) bond motifs is 1. The van der Waals surface area contributed by atoms with E-state index in [1.54, 1.807) is 36.8 Å². The van der Waals surface area contributed by atoms with Crippen LogP contribution >= 0.6 is 0 Å². The summed E-state index contributed by atoms with van der Waals surface area (Å²) in [6, 6.07) is 22.9. The molecular formula is C23H18N4O. The monoisotopic (exact) mass is 366 g/mol. The van der Waals surface area contributed by atoms with Crippen LogP contribution in [-0.2, 0) is 10.2 Å². The summed E-state index contributed by atoms with van der Waals surface area (Å²) in [7, 11) is 0. The third-order valence-corrected chi connectivity index (χ3v) is 5.23. The molecule has 0 spiro atoms. The molecule has 2 aromatic heterocycles. The van der Waals surface area contributed by atoms with Gasteiger partial charge < -0.3 is 10.1 Å². The average Bonchev–Trinajstić information content (AvgIpc) is 3.22. The first-order chi connectivity index (χ1) is 13.6. The number of hydrogen-bond acceptors (Lipinski definition) is 3. The number of nitrogens with zero attached hydrogens (tertiary/aromatic N) is 3. The number of benzene rings is 2. The van der Waals surface area contributed by atoms with Crippen LogP contribution in [-0.4, -0.2) is 15.3 Å². The van der Waals surface area contributed by atoms with Crippen LogP contribution < -0.4 is 5.73 Å². The molecule has 1 atom stereocenters. The molecule has 2 heterocycles. The van der Waals surface area contributed by atoms with E-state index in [1.807, 2.05) is 53.8 Å². The SMILES string of the molecule is CC(C(N)=O)(c1ccc(C#N)cc1)c1c(-c2ccccc2)ccc2cncn12. The molecule has 1 amide bonds. The molecule has 2 N–H and O–H groups in total. The van der Waals surface area contributed by atoms with Gasteiger partial charge in [0.05, 0.1) is 35.4 Å². The Bertz CT molecular complexity index is 1200. The minimum atomic E-state index is -1.13. The van der Waals surface area contributed by atoms with Crippen molar-refractivity contribution in [2.45, 2.75) is 12.3 Å². The number of imidazole rings is 1. The molecule has 4 aromatic rings. The second kappa shape index (κ2) is 6.67. The van der Waals surface area contributed by atoms with E-state index < -0.39 is 11.3 Å². The van der Waals surface area contributed by atoms with Crippen LogP contribution in [0.4, 0.5) is 0 Å². The van der Waals surface area contributed by atoms with Gasteiger partial charge in [-0.2, -0.15) is 5.26 Å². The molecular weight excluding hydrogens is 348 g/mol.